The molecule has 100 valence electrons. The minimum absolute atomic E-state index is 0.117. The molecule has 0 saturated carbocycles. The maximum atomic E-state index is 12.1. The molecule has 1 heterocycles. The number of carboxylic acid groups (broad SMARTS) is 1. The molecule has 0 aromatic carbocycles. The number of rotatable bonds is 5. The molecule has 1 rings (SSSR count). The third-order valence-corrected chi connectivity index (χ3v) is 5.27. The standard InChI is InChI=1S/C11H15NO4S2/c1-4-12(5-2)8(14)7(6(3)13)10-17-11(18-10)9(15)16/h11H,4-5H2,1-3H3,(H,15,16). The van der Waals surface area contributed by atoms with Gasteiger partial charge in [-0.3, -0.25) is 14.4 Å². The summed E-state index contributed by atoms with van der Waals surface area (Å²) in [5.41, 5.74) is 0.117. The molecule has 0 unspecified atom stereocenters. The van der Waals surface area contributed by atoms with Gasteiger partial charge in [-0.15, -0.1) is 0 Å². The first-order valence-electron chi connectivity index (χ1n) is 5.52. The average molecular weight is 289 g/mol. The summed E-state index contributed by atoms with van der Waals surface area (Å²) < 4.78 is -0.0920. The quantitative estimate of drug-likeness (QED) is 0.470. The van der Waals surface area contributed by atoms with Crippen LogP contribution in [0.2, 0.25) is 0 Å². The number of Topliss-reactive ketones (excluding diaryl/α,β-unsaturated/α-hetero) is 1. The molecule has 1 N–H and O–H groups in total. The maximum Gasteiger partial charge on any atom is 0.327 e. The Bertz CT molecular complexity index is 407. The number of nitrogens with zero attached hydrogens (tertiary/aromatic N) is 1. The van der Waals surface area contributed by atoms with Crippen molar-refractivity contribution in [3.05, 3.63) is 9.81 Å². The SMILES string of the molecule is CCN(CC)C(=O)C(C(C)=O)=C1SC(C(=O)O)S1. The van der Waals surface area contributed by atoms with Crippen LogP contribution < -0.4 is 0 Å². The van der Waals surface area contributed by atoms with Crippen molar-refractivity contribution in [1.82, 2.24) is 4.90 Å². The molecule has 1 aliphatic rings. The molecule has 0 aliphatic carbocycles. The lowest BCUT2D eigenvalue weighted by Crippen LogP contribution is -2.35. The molecule has 0 spiro atoms. The molecule has 1 amide bonds. The molecule has 1 saturated heterocycles. The third kappa shape index (κ3) is 3.08. The normalized spacial score (nSPS) is 17.9. The number of amides is 1. The summed E-state index contributed by atoms with van der Waals surface area (Å²) in [7, 11) is 0. The van der Waals surface area contributed by atoms with Gasteiger partial charge in [-0.1, -0.05) is 23.5 Å². The van der Waals surface area contributed by atoms with Gasteiger partial charge in [-0.2, -0.15) is 0 Å². The molecule has 1 aliphatic heterocycles. The fraction of sp³-hybridized carbons (Fsp3) is 0.545. The minimum atomic E-state index is -0.938. The van der Waals surface area contributed by atoms with E-state index < -0.39 is 10.6 Å². The molecule has 5 nitrogen and oxygen atoms in total. The number of aliphatic carboxylic acids is 1. The Labute approximate surface area is 114 Å². The second kappa shape index (κ2) is 6.29. The summed E-state index contributed by atoms with van der Waals surface area (Å²) >= 11 is 2.12. The number of likely N-dealkylation sites (N-methyl/N-ethyl adjacent to an activating group) is 1. The van der Waals surface area contributed by atoms with Crippen molar-refractivity contribution in [3.8, 4) is 0 Å². The Morgan fingerprint density at radius 2 is 1.72 bits per heavy atom. The van der Waals surface area contributed by atoms with Gasteiger partial charge in [-0.25, -0.2) is 0 Å². The van der Waals surface area contributed by atoms with E-state index in [1.807, 2.05) is 13.8 Å². The highest BCUT2D eigenvalue weighted by atomic mass is 32.3. The van der Waals surface area contributed by atoms with Crippen molar-refractivity contribution >= 4 is 41.2 Å². The van der Waals surface area contributed by atoms with Crippen LogP contribution in [0.1, 0.15) is 20.8 Å². The van der Waals surface area contributed by atoms with Crippen LogP contribution in [0.4, 0.5) is 0 Å². The molecular weight excluding hydrogens is 274 g/mol. The summed E-state index contributed by atoms with van der Waals surface area (Å²) in [4.78, 5) is 35.9. The Morgan fingerprint density at radius 1 is 1.22 bits per heavy atom. The molecular formula is C11H15NO4S2. The summed E-state index contributed by atoms with van der Waals surface area (Å²) in [6, 6.07) is 0. The van der Waals surface area contributed by atoms with Gasteiger partial charge in [0.2, 0.25) is 0 Å². The first-order chi connectivity index (χ1) is 8.42. The van der Waals surface area contributed by atoms with Gasteiger partial charge in [-0.05, 0) is 20.8 Å². The van der Waals surface area contributed by atoms with Gasteiger partial charge in [0.05, 0.1) is 4.24 Å². The van der Waals surface area contributed by atoms with Gasteiger partial charge < -0.3 is 10.0 Å². The molecule has 18 heavy (non-hydrogen) atoms. The third-order valence-electron chi connectivity index (χ3n) is 2.45. The zero-order chi connectivity index (χ0) is 13.9. The predicted molar refractivity (Wildman–Crippen MR) is 72.2 cm³/mol. The smallest absolute Gasteiger partial charge is 0.327 e. The van der Waals surface area contributed by atoms with E-state index in [0.29, 0.717) is 17.3 Å². The van der Waals surface area contributed by atoms with Crippen molar-refractivity contribution in [1.29, 1.82) is 0 Å². The van der Waals surface area contributed by atoms with E-state index in [-0.39, 0.29) is 17.3 Å². The van der Waals surface area contributed by atoms with Gasteiger partial charge in [0.1, 0.15) is 5.57 Å². The Kier molecular flexibility index (Phi) is 5.28. The van der Waals surface area contributed by atoms with Crippen molar-refractivity contribution < 1.29 is 19.5 Å². The zero-order valence-corrected chi connectivity index (χ0v) is 12.1. The number of hydrogen-bond acceptors (Lipinski definition) is 5. The second-order valence-electron chi connectivity index (χ2n) is 3.60. The maximum absolute atomic E-state index is 12.1. The number of thioether (sulfide) groups is 2. The van der Waals surface area contributed by atoms with Gasteiger partial charge in [0.15, 0.2) is 10.4 Å². The number of ketones is 1. The number of carboxylic acids is 1. The van der Waals surface area contributed by atoms with Crippen LogP contribution in [0.15, 0.2) is 9.81 Å². The lowest BCUT2D eigenvalue weighted by atomic mass is 10.2. The summed E-state index contributed by atoms with van der Waals surface area (Å²) in [5, 5.41) is 8.77. The van der Waals surface area contributed by atoms with Crippen LogP contribution in [-0.4, -0.2) is 45.3 Å². The number of carbonyl (C=O) groups excluding carboxylic acids is 2. The highest BCUT2D eigenvalue weighted by Crippen LogP contribution is 2.52. The number of hydrogen-bond donors (Lipinski definition) is 1. The first-order valence-corrected chi connectivity index (χ1v) is 7.28. The molecule has 7 heteroatoms. The van der Waals surface area contributed by atoms with Crippen molar-refractivity contribution in [2.24, 2.45) is 0 Å². The minimum Gasteiger partial charge on any atom is -0.480 e. The van der Waals surface area contributed by atoms with E-state index in [4.69, 9.17) is 5.11 Å². The molecule has 0 aromatic heterocycles. The van der Waals surface area contributed by atoms with Gasteiger partial charge in [0, 0.05) is 13.1 Å². The van der Waals surface area contributed by atoms with E-state index in [0.717, 1.165) is 23.5 Å². The molecule has 1 fully saturated rings. The van der Waals surface area contributed by atoms with Crippen LogP contribution in [0.5, 0.6) is 0 Å². The largest absolute Gasteiger partial charge is 0.480 e. The van der Waals surface area contributed by atoms with E-state index >= 15 is 0 Å². The van der Waals surface area contributed by atoms with Crippen molar-refractivity contribution in [2.45, 2.75) is 25.4 Å². The van der Waals surface area contributed by atoms with E-state index in [9.17, 15) is 14.4 Å². The fourth-order valence-corrected chi connectivity index (χ4v) is 3.64. The highest BCUT2D eigenvalue weighted by molar-refractivity contribution is 8.39. The Balaban J connectivity index is 2.92. The van der Waals surface area contributed by atoms with Gasteiger partial charge in [0.25, 0.3) is 5.91 Å². The van der Waals surface area contributed by atoms with Crippen LogP contribution in [-0.2, 0) is 14.4 Å². The summed E-state index contributed by atoms with van der Waals surface area (Å²) in [6.07, 6.45) is 0. The average Bonchev–Trinajstić information content (AvgIpc) is 2.22. The Hall–Kier alpha value is -0.950. The predicted octanol–water partition coefficient (Wildman–Crippen LogP) is 1.55. The molecule has 0 atom stereocenters. The first kappa shape index (κ1) is 15.1. The van der Waals surface area contributed by atoms with Crippen molar-refractivity contribution in [3.63, 3.8) is 0 Å². The summed E-state index contributed by atoms with van der Waals surface area (Å²) in [6.45, 7) is 6.06. The fourth-order valence-electron chi connectivity index (χ4n) is 1.47. The zero-order valence-electron chi connectivity index (χ0n) is 10.4. The van der Waals surface area contributed by atoms with Crippen LogP contribution in [0.25, 0.3) is 0 Å². The van der Waals surface area contributed by atoms with Crippen LogP contribution >= 0.6 is 23.5 Å². The molecule has 0 bridgehead atoms. The van der Waals surface area contributed by atoms with Gasteiger partial charge >= 0.3 is 5.97 Å². The topological polar surface area (TPSA) is 74.7 Å². The van der Waals surface area contributed by atoms with E-state index in [1.165, 1.54) is 6.92 Å². The second-order valence-corrected chi connectivity index (χ2v) is 6.39. The highest BCUT2D eigenvalue weighted by Gasteiger charge is 2.37. The van der Waals surface area contributed by atoms with Crippen LogP contribution in [0.3, 0.4) is 0 Å². The van der Waals surface area contributed by atoms with Crippen LogP contribution in [0, 0.1) is 0 Å². The molecule has 0 aromatic rings. The Morgan fingerprint density at radius 3 is 2.06 bits per heavy atom. The van der Waals surface area contributed by atoms with Crippen molar-refractivity contribution in [2.75, 3.05) is 13.1 Å². The number of carbonyl (C=O) groups is 3. The monoisotopic (exact) mass is 289 g/mol. The lowest BCUT2D eigenvalue weighted by molar-refractivity contribution is -0.135. The molecule has 0 radical (unpaired) electrons. The lowest BCUT2D eigenvalue weighted by Gasteiger charge is -2.27. The van der Waals surface area contributed by atoms with E-state index in [1.54, 1.807) is 4.90 Å². The summed E-state index contributed by atoms with van der Waals surface area (Å²) in [5.74, 6) is -1.57. The van der Waals surface area contributed by atoms with E-state index in [2.05, 4.69) is 0 Å².